The minimum atomic E-state index is -0.957. The maximum absolute atomic E-state index is 13.0. The second-order valence-corrected chi connectivity index (χ2v) is 10.8. The summed E-state index contributed by atoms with van der Waals surface area (Å²) in [6.45, 7) is 9.02. The summed E-state index contributed by atoms with van der Waals surface area (Å²) in [4.78, 5) is 62.9. The molecule has 0 bridgehead atoms. The predicted octanol–water partition coefficient (Wildman–Crippen LogP) is 3.53. The molecule has 2 fully saturated rings. The van der Waals surface area contributed by atoms with Crippen LogP contribution in [-0.4, -0.2) is 53.2 Å². The van der Waals surface area contributed by atoms with E-state index in [0.717, 1.165) is 17.7 Å². The summed E-state index contributed by atoms with van der Waals surface area (Å²) in [7, 11) is 0. The van der Waals surface area contributed by atoms with Crippen LogP contribution in [0.3, 0.4) is 0 Å². The number of hydrogen-bond donors (Lipinski definition) is 2. The number of nitrogens with zero attached hydrogens (tertiary/aromatic N) is 1. The molecule has 9 nitrogen and oxygen atoms in total. The lowest BCUT2D eigenvalue weighted by atomic mass is 9.67. The van der Waals surface area contributed by atoms with Gasteiger partial charge < -0.3 is 15.4 Å². The number of Topliss-reactive ketones (excluding diaryl/α,β-unsaturated/α-hetero) is 1. The Morgan fingerprint density at radius 3 is 2.26 bits per heavy atom. The first-order chi connectivity index (χ1) is 16.3. The molecule has 9 heteroatoms. The van der Waals surface area contributed by atoms with Gasteiger partial charge in [0.15, 0.2) is 12.4 Å². The fourth-order valence-corrected chi connectivity index (χ4v) is 4.57. The third kappa shape index (κ3) is 6.07. The SMILES string of the molecule is CC(C)C(=O)Nc1ccc(C(=O)COC(=O)CN2C(=O)NC3(CCC(C(C)(C)C)CC3)C2=O)cc1. The zero-order valence-corrected chi connectivity index (χ0v) is 21.1. The van der Waals surface area contributed by atoms with Crippen LogP contribution in [0.15, 0.2) is 24.3 Å². The number of amides is 4. The van der Waals surface area contributed by atoms with Gasteiger partial charge in [0.05, 0.1) is 0 Å². The Labute approximate surface area is 205 Å². The van der Waals surface area contributed by atoms with Gasteiger partial charge in [-0.15, -0.1) is 0 Å². The molecule has 190 valence electrons. The Morgan fingerprint density at radius 2 is 1.71 bits per heavy atom. The van der Waals surface area contributed by atoms with Crippen molar-refractivity contribution in [1.82, 2.24) is 10.2 Å². The van der Waals surface area contributed by atoms with E-state index in [1.807, 2.05) is 0 Å². The fourth-order valence-electron chi connectivity index (χ4n) is 4.57. The van der Waals surface area contributed by atoms with Crippen molar-refractivity contribution in [1.29, 1.82) is 0 Å². The molecule has 1 aliphatic carbocycles. The Hall–Kier alpha value is -3.23. The highest BCUT2D eigenvalue weighted by Gasteiger charge is 2.53. The van der Waals surface area contributed by atoms with Crippen LogP contribution in [0, 0.1) is 17.3 Å². The van der Waals surface area contributed by atoms with Crippen LogP contribution in [0.4, 0.5) is 10.5 Å². The lowest BCUT2D eigenvalue weighted by molar-refractivity contribution is -0.147. The van der Waals surface area contributed by atoms with Crippen molar-refractivity contribution in [2.24, 2.45) is 17.3 Å². The van der Waals surface area contributed by atoms with Crippen molar-refractivity contribution < 1.29 is 28.7 Å². The van der Waals surface area contributed by atoms with Gasteiger partial charge in [-0.05, 0) is 61.3 Å². The zero-order chi connectivity index (χ0) is 26.0. The Kier molecular flexibility index (Phi) is 7.67. The molecule has 3 rings (SSSR count). The van der Waals surface area contributed by atoms with E-state index >= 15 is 0 Å². The zero-order valence-electron chi connectivity index (χ0n) is 21.1. The number of benzene rings is 1. The number of ether oxygens (including phenoxy) is 1. The molecule has 2 aliphatic rings. The van der Waals surface area contributed by atoms with Gasteiger partial charge in [0.1, 0.15) is 12.1 Å². The average molecular weight is 486 g/mol. The molecule has 0 aromatic heterocycles. The van der Waals surface area contributed by atoms with Gasteiger partial charge in [-0.2, -0.15) is 0 Å². The molecule has 1 spiro atoms. The highest BCUT2D eigenvalue weighted by molar-refractivity contribution is 6.09. The molecule has 1 saturated carbocycles. The van der Waals surface area contributed by atoms with Crippen molar-refractivity contribution >= 4 is 35.3 Å². The number of carbonyl (C=O) groups is 5. The quantitative estimate of drug-likeness (QED) is 0.346. The molecule has 1 aromatic carbocycles. The predicted molar refractivity (Wildman–Crippen MR) is 130 cm³/mol. The van der Waals surface area contributed by atoms with E-state index in [9.17, 15) is 24.0 Å². The van der Waals surface area contributed by atoms with Crippen molar-refractivity contribution in [3.8, 4) is 0 Å². The average Bonchev–Trinajstić information content (AvgIpc) is 3.01. The van der Waals surface area contributed by atoms with E-state index < -0.39 is 42.4 Å². The first-order valence-electron chi connectivity index (χ1n) is 12.1. The number of carbonyl (C=O) groups excluding carboxylic acids is 5. The minimum absolute atomic E-state index is 0.131. The number of anilines is 1. The Morgan fingerprint density at radius 1 is 1.11 bits per heavy atom. The van der Waals surface area contributed by atoms with Crippen molar-refractivity contribution in [3.05, 3.63) is 29.8 Å². The number of nitrogens with one attached hydrogen (secondary N) is 2. The highest BCUT2D eigenvalue weighted by atomic mass is 16.5. The van der Waals surface area contributed by atoms with Gasteiger partial charge in [-0.25, -0.2) is 4.79 Å². The van der Waals surface area contributed by atoms with Crippen LogP contribution < -0.4 is 10.6 Å². The minimum Gasteiger partial charge on any atom is -0.456 e. The first-order valence-corrected chi connectivity index (χ1v) is 12.1. The Balaban J connectivity index is 1.51. The van der Waals surface area contributed by atoms with Crippen LogP contribution >= 0.6 is 0 Å². The van der Waals surface area contributed by atoms with Crippen LogP contribution in [-0.2, 0) is 19.1 Å². The van der Waals surface area contributed by atoms with E-state index in [-0.39, 0.29) is 17.2 Å². The van der Waals surface area contributed by atoms with Crippen LogP contribution in [0.25, 0.3) is 0 Å². The molecule has 1 aromatic rings. The lowest BCUT2D eigenvalue weighted by Crippen LogP contribution is -2.50. The molecule has 0 atom stereocenters. The van der Waals surface area contributed by atoms with Crippen LogP contribution in [0.5, 0.6) is 0 Å². The van der Waals surface area contributed by atoms with Gasteiger partial charge in [0.25, 0.3) is 5.91 Å². The largest absolute Gasteiger partial charge is 0.456 e. The summed E-state index contributed by atoms with van der Waals surface area (Å²) in [5, 5.41) is 5.53. The smallest absolute Gasteiger partial charge is 0.326 e. The summed E-state index contributed by atoms with van der Waals surface area (Å²) in [5.74, 6) is -1.52. The number of hydrogen-bond acceptors (Lipinski definition) is 6. The summed E-state index contributed by atoms with van der Waals surface area (Å²) in [5.41, 5.74) is 0.0407. The number of esters is 1. The molecule has 1 heterocycles. The van der Waals surface area contributed by atoms with Crippen LogP contribution in [0.1, 0.15) is 70.7 Å². The van der Waals surface area contributed by atoms with Crippen molar-refractivity contribution in [3.63, 3.8) is 0 Å². The maximum atomic E-state index is 13.0. The second kappa shape index (κ2) is 10.2. The first kappa shape index (κ1) is 26.4. The molecule has 4 amide bonds. The molecule has 2 N–H and O–H groups in total. The Bertz CT molecular complexity index is 1000. The number of imide groups is 1. The van der Waals surface area contributed by atoms with Crippen LogP contribution in [0.2, 0.25) is 0 Å². The van der Waals surface area contributed by atoms with E-state index in [4.69, 9.17) is 4.74 Å². The molecule has 35 heavy (non-hydrogen) atoms. The van der Waals surface area contributed by atoms with Gasteiger partial charge in [0.2, 0.25) is 5.91 Å². The van der Waals surface area contributed by atoms with E-state index in [2.05, 4.69) is 31.4 Å². The van der Waals surface area contributed by atoms with Gasteiger partial charge in [-0.3, -0.25) is 24.1 Å². The van der Waals surface area contributed by atoms with Crippen molar-refractivity contribution in [2.75, 3.05) is 18.5 Å². The molecular weight excluding hydrogens is 450 g/mol. The standard InChI is InChI=1S/C26H35N3O6/c1-16(2)22(32)27-19-8-6-17(7-9-19)20(30)15-35-21(31)14-29-23(33)26(28-24(29)34)12-10-18(11-13-26)25(3,4)5/h6-9,16,18H,10-15H2,1-5H3,(H,27,32)(H,28,34). The molecule has 0 radical (unpaired) electrons. The molecule has 1 saturated heterocycles. The van der Waals surface area contributed by atoms with E-state index in [1.165, 1.54) is 12.1 Å². The molecule has 0 unspecified atom stereocenters. The maximum Gasteiger partial charge on any atom is 0.326 e. The molecule has 1 aliphatic heterocycles. The van der Waals surface area contributed by atoms with Gasteiger partial charge in [0, 0.05) is 17.2 Å². The summed E-state index contributed by atoms with van der Waals surface area (Å²) in [6, 6.07) is 5.64. The lowest BCUT2D eigenvalue weighted by Gasteiger charge is -2.40. The number of urea groups is 1. The highest BCUT2D eigenvalue weighted by Crippen LogP contribution is 2.43. The molecular formula is C26H35N3O6. The topological polar surface area (TPSA) is 122 Å². The summed E-state index contributed by atoms with van der Waals surface area (Å²) >= 11 is 0. The normalized spacial score (nSPS) is 22.3. The fraction of sp³-hybridized carbons (Fsp3) is 0.577. The monoisotopic (exact) mass is 485 g/mol. The summed E-state index contributed by atoms with van der Waals surface area (Å²) < 4.78 is 5.05. The number of rotatable bonds is 7. The third-order valence-corrected chi connectivity index (χ3v) is 6.96. The van der Waals surface area contributed by atoms with E-state index in [1.54, 1.807) is 26.0 Å². The van der Waals surface area contributed by atoms with Gasteiger partial charge >= 0.3 is 12.0 Å². The van der Waals surface area contributed by atoms with Gasteiger partial charge in [-0.1, -0.05) is 34.6 Å². The summed E-state index contributed by atoms with van der Waals surface area (Å²) in [6.07, 6.45) is 2.72. The third-order valence-electron chi connectivity index (χ3n) is 6.96. The second-order valence-electron chi connectivity index (χ2n) is 10.8. The number of ketones is 1. The van der Waals surface area contributed by atoms with Crippen molar-refractivity contribution in [2.45, 2.75) is 65.8 Å². The van der Waals surface area contributed by atoms with E-state index in [0.29, 0.717) is 30.0 Å².